The largest absolute Gasteiger partial charge is 0.369 e. The van der Waals surface area contributed by atoms with Gasteiger partial charge in [-0.3, -0.25) is 0 Å². The Bertz CT molecular complexity index is 302. The molecule has 76 valence electrons. The Morgan fingerprint density at radius 1 is 1.64 bits per heavy atom. The Balaban J connectivity index is 1.88. The Labute approximate surface area is 96.2 Å². The van der Waals surface area contributed by atoms with Crippen molar-refractivity contribution in [3.63, 3.8) is 0 Å². The summed E-state index contributed by atoms with van der Waals surface area (Å²) in [6.45, 7) is 1.02. The topological polar surface area (TPSA) is 37.8 Å². The number of nitrogens with zero attached hydrogens (tertiary/aromatic N) is 2. The van der Waals surface area contributed by atoms with E-state index < -0.39 is 0 Å². The fourth-order valence-electron chi connectivity index (χ4n) is 1.43. The van der Waals surface area contributed by atoms with Crippen LogP contribution in [0.3, 0.4) is 0 Å². The number of hydrogen-bond donors (Lipinski definition) is 1. The summed E-state index contributed by atoms with van der Waals surface area (Å²) in [5, 5.41) is 3.34. The zero-order chi connectivity index (χ0) is 9.80. The van der Waals surface area contributed by atoms with E-state index in [4.69, 9.17) is 0 Å². The maximum atomic E-state index is 4.16. The summed E-state index contributed by atoms with van der Waals surface area (Å²) in [4.78, 5) is 8.09. The number of nitrogens with one attached hydrogen (secondary N) is 1. The van der Waals surface area contributed by atoms with E-state index in [1.165, 1.54) is 17.9 Å². The van der Waals surface area contributed by atoms with Crippen LogP contribution in [0, 0.1) is 5.92 Å². The van der Waals surface area contributed by atoms with Gasteiger partial charge in [-0.15, -0.1) is 0 Å². The normalized spacial score (nSPS) is 21.1. The highest BCUT2D eigenvalue weighted by molar-refractivity contribution is 9.10. The molecular weight excluding hydrogens is 262 g/mol. The van der Waals surface area contributed by atoms with Gasteiger partial charge < -0.3 is 5.32 Å². The molecule has 3 nitrogen and oxygen atoms in total. The van der Waals surface area contributed by atoms with Crippen LogP contribution in [0.5, 0.6) is 0 Å². The van der Waals surface area contributed by atoms with Crippen molar-refractivity contribution in [3.05, 3.63) is 17.0 Å². The predicted molar refractivity (Wildman–Crippen MR) is 63.7 cm³/mol. The molecule has 1 fully saturated rings. The van der Waals surface area contributed by atoms with Gasteiger partial charge in [0.25, 0.3) is 0 Å². The number of hydrogen-bond acceptors (Lipinski definition) is 4. The van der Waals surface area contributed by atoms with E-state index in [1.54, 1.807) is 12.5 Å². The molecule has 2 rings (SSSR count). The lowest BCUT2D eigenvalue weighted by molar-refractivity contribution is 0.630. The van der Waals surface area contributed by atoms with E-state index in [0.29, 0.717) is 0 Å². The van der Waals surface area contributed by atoms with Crippen molar-refractivity contribution in [2.45, 2.75) is 6.42 Å². The van der Waals surface area contributed by atoms with Crippen LogP contribution in [0.2, 0.25) is 0 Å². The van der Waals surface area contributed by atoms with Gasteiger partial charge in [0.15, 0.2) is 0 Å². The molecule has 0 aliphatic carbocycles. The van der Waals surface area contributed by atoms with E-state index in [0.717, 1.165) is 22.8 Å². The first-order valence-corrected chi connectivity index (χ1v) is 6.58. The number of rotatable bonds is 3. The maximum absolute atomic E-state index is 4.16. The van der Waals surface area contributed by atoms with E-state index >= 15 is 0 Å². The van der Waals surface area contributed by atoms with Crippen LogP contribution in [0.15, 0.2) is 17.0 Å². The second kappa shape index (κ2) is 4.98. The van der Waals surface area contributed by atoms with E-state index in [-0.39, 0.29) is 0 Å². The maximum Gasteiger partial charge on any atom is 0.143 e. The Morgan fingerprint density at radius 3 is 3.29 bits per heavy atom. The van der Waals surface area contributed by atoms with Crippen LogP contribution < -0.4 is 5.32 Å². The highest BCUT2D eigenvalue weighted by atomic mass is 79.9. The van der Waals surface area contributed by atoms with Gasteiger partial charge in [0.1, 0.15) is 12.1 Å². The Hall–Kier alpha value is -0.290. The lowest BCUT2D eigenvalue weighted by Gasteiger charge is -2.10. The number of thioether (sulfide) groups is 1. The van der Waals surface area contributed by atoms with Crippen molar-refractivity contribution in [2.24, 2.45) is 5.92 Å². The fraction of sp³-hybridized carbons (Fsp3) is 0.556. The molecule has 0 radical (unpaired) electrons. The van der Waals surface area contributed by atoms with Crippen molar-refractivity contribution in [2.75, 3.05) is 23.4 Å². The predicted octanol–water partition coefficient (Wildman–Crippen LogP) is 2.40. The average molecular weight is 274 g/mol. The molecule has 0 amide bonds. The molecule has 2 heterocycles. The van der Waals surface area contributed by atoms with Gasteiger partial charge in [0, 0.05) is 12.7 Å². The van der Waals surface area contributed by atoms with Crippen molar-refractivity contribution in [3.8, 4) is 0 Å². The standard InChI is InChI=1S/C9H12BrN3S/c10-8-4-11-6-13-9(8)12-3-7-1-2-14-5-7/h4,6-7H,1-3,5H2,(H,11,12,13). The zero-order valence-electron chi connectivity index (χ0n) is 7.74. The van der Waals surface area contributed by atoms with E-state index in [2.05, 4.69) is 31.2 Å². The average Bonchev–Trinajstić information content (AvgIpc) is 2.69. The molecule has 1 aliphatic heterocycles. The van der Waals surface area contributed by atoms with E-state index in [1.807, 2.05) is 11.8 Å². The van der Waals surface area contributed by atoms with Gasteiger partial charge in [-0.2, -0.15) is 11.8 Å². The first-order chi connectivity index (χ1) is 6.86. The van der Waals surface area contributed by atoms with Crippen molar-refractivity contribution in [1.29, 1.82) is 0 Å². The molecule has 0 aromatic carbocycles. The molecule has 0 saturated carbocycles. The van der Waals surface area contributed by atoms with Crippen LogP contribution >= 0.6 is 27.7 Å². The van der Waals surface area contributed by atoms with Crippen LogP contribution in [0.1, 0.15) is 6.42 Å². The third kappa shape index (κ3) is 2.60. The first-order valence-electron chi connectivity index (χ1n) is 4.63. The summed E-state index contributed by atoms with van der Waals surface area (Å²) >= 11 is 5.45. The van der Waals surface area contributed by atoms with Gasteiger partial charge in [-0.05, 0) is 39.8 Å². The van der Waals surface area contributed by atoms with Crippen molar-refractivity contribution < 1.29 is 0 Å². The van der Waals surface area contributed by atoms with Gasteiger partial charge in [-0.25, -0.2) is 9.97 Å². The molecule has 1 saturated heterocycles. The first kappa shape index (κ1) is 10.2. The fourth-order valence-corrected chi connectivity index (χ4v) is 3.07. The summed E-state index contributed by atoms with van der Waals surface area (Å²) in [7, 11) is 0. The molecule has 1 aromatic rings. The molecule has 1 aromatic heterocycles. The van der Waals surface area contributed by atoms with Gasteiger partial charge in [0.05, 0.1) is 4.47 Å². The molecular formula is C9H12BrN3S. The van der Waals surface area contributed by atoms with E-state index in [9.17, 15) is 0 Å². The summed E-state index contributed by atoms with van der Waals surface area (Å²) < 4.78 is 0.936. The van der Waals surface area contributed by atoms with Crippen LogP contribution in [-0.4, -0.2) is 28.0 Å². The molecule has 0 spiro atoms. The van der Waals surface area contributed by atoms with Crippen LogP contribution in [0.4, 0.5) is 5.82 Å². The third-order valence-electron chi connectivity index (χ3n) is 2.25. The summed E-state index contributed by atoms with van der Waals surface area (Å²) in [5.41, 5.74) is 0. The summed E-state index contributed by atoms with van der Waals surface area (Å²) in [5.74, 6) is 4.27. The Kier molecular flexibility index (Phi) is 3.64. The Morgan fingerprint density at radius 2 is 2.57 bits per heavy atom. The SMILES string of the molecule is Brc1cncnc1NCC1CCSC1. The zero-order valence-corrected chi connectivity index (χ0v) is 10.1. The summed E-state index contributed by atoms with van der Waals surface area (Å²) in [6, 6.07) is 0. The smallest absolute Gasteiger partial charge is 0.143 e. The monoisotopic (exact) mass is 273 g/mol. The summed E-state index contributed by atoms with van der Waals surface area (Å²) in [6.07, 6.45) is 4.65. The molecule has 1 N–H and O–H groups in total. The highest BCUT2D eigenvalue weighted by Crippen LogP contribution is 2.24. The number of aromatic nitrogens is 2. The molecule has 14 heavy (non-hydrogen) atoms. The van der Waals surface area contributed by atoms with Gasteiger partial charge in [0.2, 0.25) is 0 Å². The van der Waals surface area contributed by atoms with Crippen molar-refractivity contribution in [1.82, 2.24) is 9.97 Å². The lowest BCUT2D eigenvalue weighted by atomic mass is 10.1. The number of anilines is 1. The highest BCUT2D eigenvalue weighted by Gasteiger charge is 2.15. The minimum absolute atomic E-state index is 0.793. The minimum Gasteiger partial charge on any atom is -0.369 e. The molecule has 1 unspecified atom stereocenters. The quantitative estimate of drug-likeness (QED) is 0.918. The minimum atomic E-state index is 0.793. The number of halogens is 1. The van der Waals surface area contributed by atoms with Gasteiger partial charge >= 0.3 is 0 Å². The molecule has 1 aliphatic rings. The molecule has 0 bridgehead atoms. The lowest BCUT2D eigenvalue weighted by Crippen LogP contribution is -2.14. The molecule has 1 atom stereocenters. The van der Waals surface area contributed by atoms with Gasteiger partial charge in [-0.1, -0.05) is 0 Å². The third-order valence-corrected chi connectivity index (χ3v) is 4.06. The second-order valence-electron chi connectivity index (χ2n) is 3.33. The van der Waals surface area contributed by atoms with Crippen LogP contribution in [0.25, 0.3) is 0 Å². The molecule has 5 heteroatoms. The van der Waals surface area contributed by atoms with Crippen molar-refractivity contribution >= 4 is 33.5 Å². The van der Waals surface area contributed by atoms with Crippen LogP contribution in [-0.2, 0) is 0 Å². The second-order valence-corrected chi connectivity index (χ2v) is 5.33.